The molecular formula is C22H25FN2O4. The zero-order valence-corrected chi connectivity index (χ0v) is 16.2. The number of halogens is 1. The van der Waals surface area contributed by atoms with Gasteiger partial charge in [-0.2, -0.15) is 0 Å². The fourth-order valence-electron chi connectivity index (χ4n) is 3.57. The number of rotatable bonds is 6. The molecule has 2 aliphatic rings. The van der Waals surface area contributed by atoms with Crippen molar-refractivity contribution < 1.29 is 23.4 Å². The molecule has 154 valence electrons. The summed E-state index contributed by atoms with van der Waals surface area (Å²) in [7, 11) is 0. The monoisotopic (exact) mass is 400 g/mol. The molecule has 1 saturated heterocycles. The van der Waals surface area contributed by atoms with Crippen molar-refractivity contribution in [1.82, 2.24) is 10.2 Å². The third kappa shape index (κ3) is 4.98. The lowest BCUT2D eigenvalue weighted by Gasteiger charge is -2.27. The summed E-state index contributed by atoms with van der Waals surface area (Å²) in [5.41, 5.74) is 1.35. The Morgan fingerprint density at radius 3 is 2.79 bits per heavy atom. The molecule has 4 rings (SSSR count). The number of nitrogens with one attached hydrogen (secondary N) is 1. The maximum absolute atomic E-state index is 14.2. The number of benzene rings is 2. The average Bonchev–Trinajstić information content (AvgIpc) is 3.22. The molecule has 0 radical (unpaired) electrons. The summed E-state index contributed by atoms with van der Waals surface area (Å²) >= 11 is 0. The molecule has 2 amide bonds. The van der Waals surface area contributed by atoms with Crippen LogP contribution in [0.1, 0.15) is 30.4 Å². The highest BCUT2D eigenvalue weighted by Gasteiger charge is 2.21. The molecular weight excluding hydrogens is 375 g/mol. The van der Waals surface area contributed by atoms with Gasteiger partial charge in [0.15, 0.2) is 11.5 Å². The summed E-state index contributed by atoms with van der Waals surface area (Å²) in [6.45, 7) is 1.87. The van der Waals surface area contributed by atoms with E-state index in [0.29, 0.717) is 30.2 Å². The van der Waals surface area contributed by atoms with Crippen LogP contribution in [-0.2, 0) is 17.8 Å². The quantitative estimate of drug-likeness (QED) is 0.801. The minimum absolute atomic E-state index is 0.0357. The fraction of sp³-hybridized carbons (Fsp3) is 0.409. The van der Waals surface area contributed by atoms with E-state index in [9.17, 15) is 9.18 Å². The predicted octanol–water partition coefficient (Wildman–Crippen LogP) is 3.84. The van der Waals surface area contributed by atoms with Gasteiger partial charge in [0, 0.05) is 25.3 Å². The number of ether oxygens (including phenoxy) is 3. The van der Waals surface area contributed by atoms with Crippen LogP contribution in [0.15, 0.2) is 42.5 Å². The Morgan fingerprint density at radius 1 is 1.10 bits per heavy atom. The lowest BCUT2D eigenvalue weighted by atomic mass is 10.1. The highest BCUT2D eigenvalue weighted by atomic mass is 19.1. The van der Waals surface area contributed by atoms with Crippen molar-refractivity contribution in [3.05, 3.63) is 59.4 Å². The maximum atomic E-state index is 14.2. The normalized spacial score (nSPS) is 17.8. The van der Waals surface area contributed by atoms with Gasteiger partial charge in [-0.3, -0.25) is 0 Å². The summed E-state index contributed by atoms with van der Waals surface area (Å²) in [5.74, 6) is 1.02. The third-order valence-electron chi connectivity index (χ3n) is 5.17. The van der Waals surface area contributed by atoms with Crippen LogP contribution in [0.25, 0.3) is 0 Å². The van der Waals surface area contributed by atoms with E-state index in [1.54, 1.807) is 23.1 Å². The Bertz CT molecular complexity index is 854. The number of nitrogens with zero attached hydrogens (tertiary/aromatic N) is 1. The second-order valence-corrected chi connectivity index (χ2v) is 7.31. The van der Waals surface area contributed by atoms with Crippen LogP contribution in [0, 0.1) is 5.82 Å². The first-order valence-corrected chi connectivity index (χ1v) is 9.95. The summed E-state index contributed by atoms with van der Waals surface area (Å²) in [6.07, 6.45) is 3.15. The minimum atomic E-state index is -0.327. The first-order valence-electron chi connectivity index (χ1n) is 9.95. The summed E-state index contributed by atoms with van der Waals surface area (Å²) in [5, 5.41) is 2.95. The van der Waals surface area contributed by atoms with Crippen molar-refractivity contribution in [2.75, 3.05) is 19.9 Å². The van der Waals surface area contributed by atoms with E-state index in [4.69, 9.17) is 14.2 Å². The maximum Gasteiger partial charge on any atom is 0.318 e. The van der Waals surface area contributed by atoms with Gasteiger partial charge in [0.1, 0.15) is 5.82 Å². The van der Waals surface area contributed by atoms with Crippen LogP contribution in [-0.4, -0.2) is 37.0 Å². The standard InChI is InChI=1S/C22H25FN2O4/c23-19-7-2-1-5-17(19)14-25(22(26)24-12-18-6-3-4-10-27-18)13-16-8-9-20-21(11-16)29-15-28-20/h1-2,5,7-9,11,18H,3-4,6,10,12-15H2,(H,24,26)/t18-/m0/s1. The van der Waals surface area contributed by atoms with Gasteiger partial charge < -0.3 is 24.4 Å². The van der Waals surface area contributed by atoms with Crippen molar-refractivity contribution in [2.45, 2.75) is 38.5 Å². The molecule has 0 saturated carbocycles. The van der Waals surface area contributed by atoms with Gasteiger partial charge in [-0.05, 0) is 43.0 Å². The molecule has 2 aromatic rings. The first-order chi connectivity index (χ1) is 14.2. The topological polar surface area (TPSA) is 60.0 Å². The molecule has 0 aromatic heterocycles. The zero-order chi connectivity index (χ0) is 20.1. The van der Waals surface area contributed by atoms with Crippen molar-refractivity contribution >= 4 is 6.03 Å². The number of hydrogen-bond acceptors (Lipinski definition) is 4. The Kier molecular flexibility index (Phi) is 6.14. The smallest absolute Gasteiger partial charge is 0.318 e. The highest BCUT2D eigenvalue weighted by Crippen LogP contribution is 2.33. The largest absolute Gasteiger partial charge is 0.454 e. The van der Waals surface area contributed by atoms with Crippen LogP contribution in [0.2, 0.25) is 0 Å². The number of hydrogen-bond donors (Lipinski definition) is 1. The molecule has 7 heteroatoms. The van der Waals surface area contributed by atoms with Crippen LogP contribution >= 0.6 is 0 Å². The molecule has 0 unspecified atom stereocenters. The van der Waals surface area contributed by atoms with Crippen LogP contribution in [0.3, 0.4) is 0 Å². The number of urea groups is 1. The minimum Gasteiger partial charge on any atom is -0.454 e. The van der Waals surface area contributed by atoms with Gasteiger partial charge in [-0.25, -0.2) is 9.18 Å². The molecule has 29 heavy (non-hydrogen) atoms. The molecule has 2 aromatic carbocycles. The van der Waals surface area contributed by atoms with Gasteiger partial charge in [0.05, 0.1) is 12.6 Å². The van der Waals surface area contributed by atoms with Crippen molar-refractivity contribution in [3.8, 4) is 11.5 Å². The average molecular weight is 400 g/mol. The van der Waals surface area contributed by atoms with Gasteiger partial charge in [0.25, 0.3) is 0 Å². The molecule has 0 bridgehead atoms. The van der Waals surface area contributed by atoms with Gasteiger partial charge in [-0.1, -0.05) is 24.3 Å². The van der Waals surface area contributed by atoms with E-state index in [-0.39, 0.29) is 31.3 Å². The second kappa shape index (κ2) is 9.13. The molecule has 0 aliphatic carbocycles. The van der Waals surface area contributed by atoms with E-state index in [2.05, 4.69) is 5.32 Å². The molecule has 1 N–H and O–H groups in total. The number of carbonyl (C=O) groups excluding carboxylic acids is 1. The number of amides is 2. The summed E-state index contributed by atoms with van der Waals surface area (Å²) in [6, 6.07) is 11.8. The van der Waals surface area contributed by atoms with Crippen LogP contribution in [0.4, 0.5) is 9.18 Å². The van der Waals surface area contributed by atoms with Crippen LogP contribution in [0.5, 0.6) is 11.5 Å². The van der Waals surface area contributed by atoms with Crippen molar-refractivity contribution in [2.24, 2.45) is 0 Å². The molecule has 1 fully saturated rings. The molecule has 2 heterocycles. The molecule has 6 nitrogen and oxygen atoms in total. The highest BCUT2D eigenvalue weighted by molar-refractivity contribution is 5.74. The third-order valence-corrected chi connectivity index (χ3v) is 5.17. The first kappa shape index (κ1) is 19.5. The summed E-state index contributed by atoms with van der Waals surface area (Å²) < 4.78 is 30.7. The SMILES string of the molecule is O=C(NC[C@@H]1CCCCO1)N(Cc1ccc2c(c1)OCO2)Cc1ccccc1F. The van der Waals surface area contributed by atoms with E-state index < -0.39 is 0 Å². The number of fused-ring (bicyclic) bond motifs is 1. The Morgan fingerprint density at radius 2 is 1.97 bits per heavy atom. The van der Waals surface area contributed by atoms with E-state index in [0.717, 1.165) is 31.4 Å². The number of carbonyl (C=O) groups is 1. The van der Waals surface area contributed by atoms with Crippen molar-refractivity contribution in [1.29, 1.82) is 0 Å². The van der Waals surface area contributed by atoms with E-state index in [1.807, 2.05) is 18.2 Å². The van der Waals surface area contributed by atoms with Crippen molar-refractivity contribution in [3.63, 3.8) is 0 Å². The molecule has 0 spiro atoms. The molecule has 2 aliphatic heterocycles. The fourth-order valence-corrected chi connectivity index (χ4v) is 3.57. The summed E-state index contributed by atoms with van der Waals surface area (Å²) in [4.78, 5) is 14.5. The zero-order valence-electron chi connectivity index (χ0n) is 16.2. The Hall–Kier alpha value is -2.80. The van der Waals surface area contributed by atoms with Gasteiger partial charge >= 0.3 is 6.03 Å². The van der Waals surface area contributed by atoms with Crippen LogP contribution < -0.4 is 14.8 Å². The van der Waals surface area contributed by atoms with Gasteiger partial charge in [-0.15, -0.1) is 0 Å². The second-order valence-electron chi connectivity index (χ2n) is 7.31. The van der Waals surface area contributed by atoms with Gasteiger partial charge in [0.2, 0.25) is 6.79 Å². The lowest BCUT2D eigenvalue weighted by molar-refractivity contribution is 0.0176. The Balaban J connectivity index is 1.47. The Labute approximate surface area is 169 Å². The predicted molar refractivity (Wildman–Crippen MR) is 105 cm³/mol. The lowest BCUT2D eigenvalue weighted by Crippen LogP contribution is -2.43. The van der Waals surface area contributed by atoms with E-state index >= 15 is 0 Å². The van der Waals surface area contributed by atoms with E-state index in [1.165, 1.54) is 6.07 Å². The molecule has 1 atom stereocenters.